The maximum absolute atomic E-state index is 12.7. The van der Waals surface area contributed by atoms with Crippen molar-refractivity contribution in [2.45, 2.75) is 38.8 Å². The minimum Gasteiger partial charge on any atom is -0.468 e. The summed E-state index contributed by atoms with van der Waals surface area (Å²) >= 11 is 0. The standard InChI is InChI=1S/C13H22N2O4S/c1-2-14(10-13-7-5-9-19-13)20(17,18)15-8-4-3-6-12(15)11-16/h5,7,9,12,16H,2-4,6,8,10-11H2,1H3. The summed E-state index contributed by atoms with van der Waals surface area (Å²) in [6, 6.07) is 3.20. The van der Waals surface area contributed by atoms with Crippen LogP contribution in [0.3, 0.4) is 0 Å². The third kappa shape index (κ3) is 3.22. The van der Waals surface area contributed by atoms with Gasteiger partial charge in [0.25, 0.3) is 10.2 Å². The molecule has 0 aromatic carbocycles. The second kappa shape index (κ2) is 6.71. The molecule has 6 nitrogen and oxygen atoms in total. The number of furan rings is 1. The number of hydrogen-bond donors (Lipinski definition) is 1. The Labute approximate surface area is 120 Å². The van der Waals surface area contributed by atoms with Crippen molar-refractivity contribution in [3.8, 4) is 0 Å². The summed E-state index contributed by atoms with van der Waals surface area (Å²) in [6.07, 6.45) is 4.05. The zero-order chi connectivity index (χ0) is 14.6. The van der Waals surface area contributed by atoms with Crippen molar-refractivity contribution in [1.29, 1.82) is 0 Å². The van der Waals surface area contributed by atoms with E-state index < -0.39 is 10.2 Å². The highest BCUT2D eigenvalue weighted by Gasteiger charge is 2.35. The molecule has 1 atom stereocenters. The molecule has 0 aliphatic carbocycles. The van der Waals surface area contributed by atoms with Gasteiger partial charge >= 0.3 is 0 Å². The quantitative estimate of drug-likeness (QED) is 0.856. The van der Waals surface area contributed by atoms with Gasteiger partial charge in [-0.2, -0.15) is 17.0 Å². The van der Waals surface area contributed by atoms with Crippen molar-refractivity contribution in [3.63, 3.8) is 0 Å². The topological polar surface area (TPSA) is 74.0 Å². The first-order valence-electron chi connectivity index (χ1n) is 6.99. The zero-order valence-electron chi connectivity index (χ0n) is 11.7. The maximum atomic E-state index is 12.7. The lowest BCUT2D eigenvalue weighted by Crippen LogP contribution is -2.51. The van der Waals surface area contributed by atoms with Gasteiger partial charge in [-0.1, -0.05) is 13.3 Å². The summed E-state index contributed by atoms with van der Waals surface area (Å²) < 4.78 is 33.5. The third-order valence-electron chi connectivity index (χ3n) is 3.67. The highest BCUT2D eigenvalue weighted by molar-refractivity contribution is 7.86. The van der Waals surface area contributed by atoms with Gasteiger partial charge in [0.1, 0.15) is 5.76 Å². The summed E-state index contributed by atoms with van der Waals surface area (Å²) in [5, 5.41) is 9.39. The molecule has 1 fully saturated rings. The fraction of sp³-hybridized carbons (Fsp3) is 0.692. The molecule has 114 valence electrons. The van der Waals surface area contributed by atoms with Crippen LogP contribution < -0.4 is 0 Å². The molecule has 20 heavy (non-hydrogen) atoms. The van der Waals surface area contributed by atoms with E-state index in [1.54, 1.807) is 19.1 Å². The van der Waals surface area contributed by atoms with Crippen molar-refractivity contribution in [2.75, 3.05) is 19.7 Å². The Morgan fingerprint density at radius 3 is 2.90 bits per heavy atom. The lowest BCUT2D eigenvalue weighted by Gasteiger charge is -2.36. The molecular formula is C13H22N2O4S. The van der Waals surface area contributed by atoms with Crippen LogP contribution >= 0.6 is 0 Å². The van der Waals surface area contributed by atoms with Crippen LogP contribution in [0.1, 0.15) is 31.9 Å². The van der Waals surface area contributed by atoms with Gasteiger partial charge in [-0.05, 0) is 25.0 Å². The molecule has 0 spiro atoms. The van der Waals surface area contributed by atoms with Gasteiger partial charge in [-0.15, -0.1) is 0 Å². The predicted molar refractivity (Wildman–Crippen MR) is 75.1 cm³/mol. The molecule has 1 aromatic heterocycles. The Morgan fingerprint density at radius 2 is 2.30 bits per heavy atom. The number of hydrogen-bond acceptors (Lipinski definition) is 4. The lowest BCUT2D eigenvalue weighted by molar-refractivity contribution is 0.147. The highest BCUT2D eigenvalue weighted by Crippen LogP contribution is 2.23. The molecule has 7 heteroatoms. The Kier molecular flexibility index (Phi) is 5.20. The minimum atomic E-state index is -3.56. The Morgan fingerprint density at radius 1 is 1.50 bits per heavy atom. The van der Waals surface area contributed by atoms with E-state index in [2.05, 4.69) is 0 Å². The van der Waals surface area contributed by atoms with Crippen molar-refractivity contribution < 1.29 is 17.9 Å². The van der Waals surface area contributed by atoms with E-state index in [0.717, 1.165) is 12.8 Å². The Bertz CT molecular complexity index is 500. The van der Waals surface area contributed by atoms with Crippen molar-refractivity contribution in [3.05, 3.63) is 24.2 Å². The van der Waals surface area contributed by atoms with Crippen molar-refractivity contribution >= 4 is 10.2 Å². The first kappa shape index (κ1) is 15.5. The molecule has 1 aliphatic heterocycles. The second-order valence-electron chi connectivity index (χ2n) is 4.96. The lowest BCUT2D eigenvalue weighted by atomic mass is 10.1. The van der Waals surface area contributed by atoms with E-state index >= 15 is 0 Å². The fourth-order valence-electron chi connectivity index (χ4n) is 2.54. The van der Waals surface area contributed by atoms with Gasteiger partial charge in [-0.3, -0.25) is 0 Å². The average Bonchev–Trinajstić information content (AvgIpc) is 2.97. The van der Waals surface area contributed by atoms with E-state index in [0.29, 0.717) is 25.3 Å². The minimum absolute atomic E-state index is 0.127. The van der Waals surface area contributed by atoms with Crippen LogP contribution in [0.5, 0.6) is 0 Å². The van der Waals surface area contributed by atoms with Crippen LogP contribution in [-0.4, -0.2) is 47.9 Å². The van der Waals surface area contributed by atoms with Gasteiger partial charge in [0.15, 0.2) is 0 Å². The largest absolute Gasteiger partial charge is 0.468 e. The number of aliphatic hydroxyl groups is 1. The Balaban J connectivity index is 2.17. The van der Waals surface area contributed by atoms with Crippen molar-refractivity contribution in [1.82, 2.24) is 8.61 Å². The smallest absolute Gasteiger partial charge is 0.282 e. The van der Waals surface area contributed by atoms with E-state index in [9.17, 15) is 13.5 Å². The summed E-state index contributed by atoms with van der Waals surface area (Å²) in [6.45, 7) is 2.75. The second-order valence-corrected chi connectivity index (χ2v) is 6.84. The van der Waals surface area contributed by atoms with Gasteiger partial charge in [0, 0.05) is 19.1 Å². The third-order valence-corrected chi connectivity index (χ3v) is 5.78. The van der Waals surface area contributed by atoms with E-state index in [1.165, 1.54) is 14.9 Å². The first-order valence-corrected chi connectivity index (χ1v) is 8.39. The summed E-state index contributed by atoms with van der Waals surface area (Å²) in [7, 11) is -3.56. The SMILES string of the molecule is CCN(Cc1ccco1)S(=O)(=O)N1CCCCC1CO. The van der Waals surface area contributed by atoms with E-state index in [4.69, 9.17) is 4.42 Å². The molecular weight excluding hydrogens is 280 g/mol. The fourth-order valence-corrected chi connectivity index (χ4v) is 4.36. The average molecular weight is 302 g/mol. The molecule has 2 rings (SSSR count). The van der Waals surface area contributed by atoms with Gasteiger partial charge < -0.3 is 9.52 Å². The summed E-state index contributed by atoms with van der Waals surface area (Å²) in [5.41, 5.74) is 0. The number of rotatable bonds is 6. The molecule has 1 N–H and O–H groups in total. The molecule has 0 radical (unpaired) electrons. The van der Waals surface area contributed by atoms with Crippen LogP contribution in [0.15, 0.2) is 22.8 Å². The summed E-state index contributed by atoms with van der Waals surface area (Å²) in [4.78, 5) is 0. The molecule has 1 unspecified atom stereocenters. The van der Waals surface area contributed by atoms with Gasteiger partial charge in [-0.25, -0.2) is 0 Å². The van der Waals surface area contributed by atoms with Crippen LogP contribution in [0, 0.1) is 0 Å². The number of aliphatic hydroxyl groups excluding tert-OH is 1. The van der Waals surface area contributed by atoms with Crippen molar-refractivity contribution in [2.24, 2.45) is 0 Å². The van der Waals surface area contributed by atoms with E-state index in [1.807, 2.05) is 0 Å². The van der Waals surface area contributed by atoms with Crippen LogP contribution in [0.25, 0.3) is 0 Å². The summed E-state index contributed by atoms with van der Waals surface area (Å²) in [5.74, 6) is 0.619. The monoisotopic (exact) mass is 302 g/mol. The normalized spacial score (nSPS) is 21.4. The number of piperidine rings is 1. The molecule has 0 saturated carbocycles. The van der Waals surface area contributed by atoms with Crippen LogP contribution in [0.4, 0.5) is 0 Å². The van der Waals surface area contributed by atoms with Gasteiger partial charge in [0.05, 0.1) is 19.4 Å². The highest BCUT2D eigenvalue weighted by atomic mass is 32.2. The van der Waals surface area contributed by atoms with Gasteiger partial charge in [0.2, 0.25) is 0 Å². The van der Waals surface area contributed by atoms with Crippen LogP contribution in [0.2, 0.25) is 0 Å². The molecule has 2 heterocycles. The maximum Gasteiger partial charge on any atom is 0.282 e. The molecule has 1 aliphatic rings. The number of nitrogens with zero attached hydrogens (tertiary/aromatic N) is 2. The first-order chi connectivity index (χ1) is 9.59. The van der Waals surface area contributed by atoms with Crippen LogP contribution in [-0.2, 0) is 16.8 Å². The molecule has 0 amide bonds. The molecule has 0 bridgehead atoms. The Hall–Kier alpha value is -0.890. The van der Waals surface area contributed by atoms with E-state index in [-0.39, 0.29) is 19.2 Å². The molecule has 1 aromatic rings. The molecule has 1 saturated heterocycles. The predicted octanol–water partition coefficient (Wildman–Crippen LogP) is 1.19. The zero-order valence-corrected chi connectivity index (χ0v) is 12.6.